The molecule has 0 saturated carbocycles. The Hall–Kier alpha value is -2.66. The van der Waals surface area contributed by atoms with Gasteiger partial charge in [0.15, 0.2) is 0 Å². The van der Waals surface area contributed by atoms with Crippen molar-refractivity contribution in [3.63, 3.8) is 0 Å². The van der Waals surface area contributed by atoms with Gasteiger partial charge in [-0.1, -0.05) is 26.0 Å². The van der Waals surface area contributed by atoms with Crippen LogP contribution in [0.3, 0.4) is 0 Å². The second-order valence-corrected chi connectivity index (χ2v) is 8.29. The Morgan fingerprint density at radius 2 is 1.97 bits per heavy atom. The van der Waals surface area contributed by atoms with Crippen LogP contribution in [0.25, 0.3) is 10.9 Å². The third-order valence-corrected chi connectivity index (χ3v) is 5.75. The number of halogens is 1. The SMILES string of the molecule is CC(C)Cn1ccc2cc(NC(=O)C3(c4cccc(F)c4)CCOCC3)ccc21. The van der Waals surface area contributed by atoms with E-state index in [4.69, 9.17) is 4.74 Å². The summed E-state index contributed by atoms with van der Waals surface area (Å²) < 4.78 is 21.6. The molecule has 0 unspecified atom stereocenters. The third-order valence-electron chi connectivity index (χ3n) is 5.75. The van der Waals surface area contributed by atoms with Crippen LogP contribution < -0.4 is 5.32 Å². The van der Waals surface area contributed by atoms with E-state index >= 15 is 0 Å². The molecular formula is C24H27FN2O2. The van der Waals surface area contributed by atoms with Gasteiger partial charge in [0.2, 0.25) is 5.91 Å². The van der Waals surface area contributed by atoms with E-state index in [0.717, 1.165) is 23.1 Å². The number of nitrogens with one attached hydrogen (secondary N) is 1. The van der Waals surface area contributed by atoms with Crippen molar-refractivity contribution in [2.75, 3.05) is 18.5 Å². The largest absolute Gasteiger partial charge is 0.381 e. The predicted molar refractivity (Wildman–Crippen MR) is 114 cm³/mol. The van der Waals surface area contributed by atoms with E-state index in [0.29, 0.717) is 37.5 Å². The van der Waals surface area contributed by atoms with Gasteiger partial charge in [0, 0.05) is 42.5 Å². The Morgan fingerprint density at radius 1 is 1.17 bits per heavy atom. The minimum absolute atomic E-state index is 0.104. The number of nitrogens with zero attached hydrogens (tertiary/aromatic N) is 1. The molecule has 0 radical (unpaired) electrons. The highest BCUT2D eigenvalue weighted by molar-refractivity contribution is 6.00. The van der Waals surface area contributed by atoms with Crippen LogP contribution in [0.2, 0.25) is 0 Å². The lowest BCUT2D eigenvalue weighted by Crippen LogP contribution is -2.44. The molecule has 2 aromatic carbocycles. The van der Waals surface area contributed by atoms with E-state index in [1.54, 1.807) is 6.07 Å². The molecule has 5 heteroatoms. The highest BCUT2D eigenvalue weighted by atomic mass is 19.1. The number of carbonyl (C=O) groups excluding carboxylic acids is 1. The van der Waals surface area contributed by atoms with Crippen LogP contribution >= 0.6 is 0 Å². The zero-order valence-corrected chi connectivity index (χ0v) is 17.0. The molecule has 0 atom stereocenters. The van der Waals surface area contributed by atoms with E-state index in [9.17, 15) is 9.18 Å². The Bertz CT molecular complexity index is 1020. The lowest BCUT2D eigenvalue weighted by molar-refractivity contribution is -0.125. The van der Waals surface area contributed by atoms with Crippen molar-refractivity contribution < 1.29 is 13.9 Å². The molecule has 152 valence electrons. The van der Waals surface area contributed by atoms with Gasteiger partial charge in [-0.3, -0.25) is 4.79 Å². The van der Waals surface area contributed by atoms with Crippen LogP contribution in [0, 0.1) is 11.7 Å². The number of fused-ring (bicyclic) bond motifs is 1. The number of benzene rings is 2. The number of hydrogen-bond acceptors (Lipinski definition) is 2. The van der Waals surface area contributed by atoms with Crippen LogP contribution in [0.15, 0.2) is 54.7 Å². The molecule has 1 aliphatic heterocycles. The fourth-order valence-corrected chi connectivity index (χ4v) is 4.23. The Balaban J connectivity index is 1.62. The smallest absolute Gasteiger partial charge is 0.235 e. The molecule has 4 nitrogen and oxygen atoms in total. The molecular weight excluding hydrogens is 367 g/mol. The molecule has 1 saturated heterocycles. The summed E-state index contributed by atoms with van der Waals surface area (Å²) in [5, 5.41) is 4.18. The lowest BCUT2D eigenvalue weighted by atomic mass is 9.73. The minimum Gasteiger partial charge on any atom is -0.381 e. The van der Waals surface area contributed by atoms with Crippen LogP contribution in [0.4, 0.5) is 10.1 Å². The highest BCUT2D eigenvalue weighted by Gasteiger charge is 2.42. The van der Waals surface area contributed by atoms with Crippen molar-refractivity contribution in [3.05, 3.63) is 66.1 Å². The summed E-state index contributed by atoms with van der Waals surface area (Å²) in [6.07, 6.45) is 3.16. The number of anilines is 1. The normalized spacial score (nSPS) is 16.3. The maximum absolute atomic E-state index is 13.9. The molecule has 1 N–H and O–H groups in total. The summed E-state index contributed by atoms with van der Waals surface area (Å²) >= 11 is 0. The third kappa shape index (κ3) is 3.92. The van der Waals surface area contributed by atoms with Gasteiger partial charge < -0.3 is 14.6 Å². The first-order valence-corrected chi connectivity index (χ1v) is 10.2. The summed E-state index contributed by atoms with van der Waals surface area (Å²) in [5.74, 6) is 0.131. The van der Waals surface area contributed by atoms with E-state index in [2.05, 4.69) is 36.0 Å². The topological polar surface area (TPSA) is 43.3 Å². The molecule has 0 aliphatic carbocycles. The molecule has 0 bridgehead atoms. The van der Waals surface area contributed by atoms with Crippen molar-refractivity contribution >= 4 is 22.5 Å². The second-order valence-electron chi connectivity index (χ2n) is 8.29. The van der Waals surface area contributed by atoms with Crippen LogP contribution in [-0.2, 0) is 21.5 Å². The first-order chi connectivity index (χ1) is 14.0. The van der Waals surface area contributed by atoms with Gasteiger partial charge in [0.25, 0.3) is 0 Å². The molecule has 1 fully saturated rings. The summed E-state index contributed by atoms with van der Waals surface area (Å²) in [6.45, 7) is 6.32. The molecule has 29 heavy (non-hydrogen) atoms. The van der Waals surface area contributed by atoms with E-state index in [1.165, 1.54) is 12.1 Å². The van der Waals surface area contributed by atoms with Crippen molar-refractivity contribution in [1.82, 2.24) is 4.57 Å². The van der Waals surface area contributed by atoms with E-state index < -0.39 is 5.41 Å². The molecule has 3 aromatic rings. The average Bonchev–Trinajstić information content (AvgIpc) is 3.10. The molecule has 2 heterocycles. The fourth-order valence-electron chi connectivity index (χ4n) is 4.23. The maximum Gasteiger partial charge on any atom is 0.235 e. The van der Waals surface area contributed by atoms with Gasteiger partial charge in [-0.25, -0.2) is 4.39 Å². The highest BCUT2D eigenvalue weighted by Crippen LogP contribution is 2.36. The zero-order valence-electron chi connectivity index (χ0n) is 17.0. The second kappa shape index (κ2) is 7.99. The molecule has 0 spiro atoms. The number of hydrogen-bond donors (Lipinski definition) is 1. The Labute approximate surface area is 170 Å². The molecule has 1 aromatic heterocycles. The first-order valence-electron chi connectivity index (χ1n) is 10.2. The van der Waals surface area contributed by atoms with Crippen LogP contribution in [-0.4, -0.2) is 23.7 Å². The maximum atomic E-state index is 13.9. The number of rotatable bonds is 5. The quantitative estimate of drug-likeness (QED) is 0.652. The van der Waals surface area contributed by atoms with Gasteiger partial charge in [-0.05, 0) is 60.7 Å². The van der Waals surface area contributed by atoms with Gasteiger partial charge >= 0.3 is 0 Å². The minimum atomic E-state index is -0.779. The number of aromatic nitrogens is 1. The van der Waals surface area contributed by atoms with Crippen LogP contribution in [0.5, 0.6) is 0 Å². The van der Waals surface area contributed by atoms with E-state index in [1.807, 2.05) is 24.3 Å². The van der Waals surface area contributed by atoms with Crippen molar-refractivity contribution in [2.24, 2.45) is 5.92 Å². The van der Waals surface area contributed by atoms with Gasteiger partial charge in [-0.15, -0.1) is 0 Å². The molecule has 1 aliphatic rings. The van der Waals surface area contributed by atoms with E-state index in [-0.39, 0.29) is 11.7 Å². The van der Waals surface area contributed by atoms with Gasteiger partial charge in [0.05, 0.1) is 5.41 Å². The first kappa shape index (κ1) is 19.6. The summed E-state index contributed by atoms with van der Waals surface area (Å²) in [6, 6.07) is 14.4. The van der Waals surface area contributed by atoms with Crippen LogP contribution in [0.1, 0.15) is 32.3 Å². The zero-order chi connectivity index (χ0) is 20.4. The predicted octanol–water partition coefficient (Wildman–Crippen LogP) is 5.12. The Morgan fingerprint density at radius 3 is 2.69 bits per heavy atom. The average molecular weight is 394 g/mol. The molecule has 4 rings (SSSR count). The van der Waals surface area contributed by atoms with Crippen molar-refractivity contribution in [1.29, 1.82) is 0 Å². The standard InChI is InChI=1S/C24H27FN2O2/c1-17(2)16-27-11-8-18-14-21(6-7-22(18)27)26-23(28)24(9-12-29-13-10-24)19-4-3-5-20(25)15-19/h3-8,11,14-15,17H,9-10,12-13,16H2,1-2H3,(H,26,28). The van der Waals surface area contributed by atoms with Crippen molar-refractivity contribution in [3.8, 4) is 0 Å². The monoisotopic (exact) mass is 394 g/mol. The van der Waals surface area contributed by atoms with Crippen molar-refractivity contribution in [2.45, 2.75) is 38.6 Å². The number of amides is 1. The fraction of sp³-hybridized carbons (Fsp3) is 0.375. The summed E-state index contributed by atoms with van der Waals surface area (Å²) in [7, 11) is 0. The number of ether oxygens (including phenoxy) is 1. The number of carbonyl (C=O) groups is 1. The molecule has 1 amide bonds. The summed E-state index contributed by atoms with van der Waals surface area (Å²) in [4.78, 5) is 13.4. The summed E-state index contributed by atoms with van der Waals surface area (Å²) in [5.41, 5.74) is 1.84. The van der Waals surface area contributed by atoms with Gasteiger partial charge in [-0.2, -0.15) is 0 Å². The lowest BCUT2D eigenvalue weighted by Gasteiger charge is -2.36. The van der Waals surface area contributed by atoms with Gasteiger partial charge in [0.1, 0.15) is 5.82 Å². The Kier molecular flexibility index (Phi) is 5.41.